The van der Waals surface area contributed by atoms with E-state index < -0.39 is 12.8 Å². The van der Waals surface area contributed by atoms with E-state index in [0.717, 1.165) is 19.3 Å². The van der Waals surface area contributed by atoms with Gasteiger partial charge in [-0.3, -0.25) is 4.57 Å². The van der Waals surface area contributed by atoms with Crippen molar-refractivity contribution >= 4 is 7.60 Å². The Kier molecular flexibility index (Phi) is 7.82. The van der Waals surface area contributed by atoms with E-state index in [2.05, 4.69) is 18.2 Å². The normalized spacial score (nSPS) is 14.3. The molecule has 0 radical (unpaired) electrons. The van der Waals surface area contributed by atoms with E-state index in [4.69, 9.17) is 9.05 Å². The number of aryl methyl sites for hydroxylation is 1. The molecule has 122 valence electrons. The summed E-state index contributed by atoms with van der Waals surface area (Å²) in [6.45, 7) is 5.76. The maximum Gasteiger partial charge on any atom is 0.350 e. The van der Waals surface area contributed by atoms with Crippen LogP contribution in [0.2, 0.25) is 0 Å². The highest BCUT2D eigenvalue weighted by atomic mass is 31.2. The molecule has 0 spiro atoms. The van der Waals surface area contributed by atoms with Crippen molar-refractivity contribution in [2.24, 2.45) is 0 Å². The number of unbranched alkanes of at least 4 members (excludes halogenated alkanes) is 1. The lowest BCUT2D eigenvalue weighted by molar-refractivity contribution is 0.203. The second-order valence-corrected chi connectivity index (χ2v) is 7.91. The largest absolute Gasteiger partial charge is 0.350 e. The predicted octanol–water partition coefficient (Wildman–Crippen LogP) is 4.95. The first kappa shape index (κ1) is 18.9. The second kappa shape index (κ2) is 9.10. The molecule has 1 aromatic rings. The zero-order valence-corrected chi connectivity index (χ0v) is 14.6. The molecule has 0 saturated heterocycles. The maximum absolute atomic E-state index is 12.9. The fraction of sp³-hybridized carbons (Fsp3) is 0.588. The summed E-state index contributed by atoms with van der Waals surface area (Å²) in [5, 5.41) is 8.42. The van der Waals surface area contributed by atoms with Crippen LogP contribution in [0.4, 0.5) is 0 Å². The smallest absolute Gasteiger partial charge is 0.308 e. The van der Waals surface area contributed by atoms with Crippen molar-refractivity contribution in [2.45, 2.75) is 51.6 Å². The van der Waals surface area contributed by atoms with Crippen molar-refractivity contribution in [1.29, 1.82) is 5.26 Å². The number of benzene rings is 1. The molecule has 0 N–H and O–H groups in total. The Morgan fingerprint density at radius 2 is 1.73 bits per heavy atom. The lowest BCUT2D eigenvalue weighted by Crippen LogP contribution is -2.25. The molecule has 0 amide bonds. The van der Waals surface area contributed by atoms with Crippen LogP contribution in [0.3, 0.4) is 0 Å². The summed E-state index contributed by atoms with van der Waals surface area (Å²) in [5.41, 5.74) is 1.28. The van der Waals surface area contributed by atoms with Crippen molar-refractivity contribution in [3.05, 3.63) is 35.9 Å². The first-order chi connectivity index (χ1) is 10.5. The molecule has 1 atom stereocenters. The van der Waals surface area contributed by atoms with Gasteiger partial charge in [-0.15, -0.1) is 0 Å². The molecule has 0 bridgehead atoms. The third kappa shape index (κ3) is 4.95. The van der Waals surface area contributed by atoms with Crippen LogP contribution in [0.25, 0.3) is 0 Å². The molecule has 0 heterocycles. The Bertz CT molecular complexity index is 516. The summed E-state index contributed by atoms with van der Waals surface area (Å²) in [6, 6.07) is 12.4. The van der Waals surface area contributed by atoms with Crippen LogP contribution in [0, 0.1) is 11.3 Å². The Hall–Kier alpha value is -1.14. The topological polar surface area (TPSA) is 59.3 Å². The van der Waals surface area contributed by atoms with Crippen molar-refractivity contribution in [3.63, 3.8) is 0 Å². The molecule has 5 heteroatoms. The van der Waals surface area contributed by atoms with Crippen molar-refractivity contribution < 1.29 is 13.6 Å². The summed E-state index contributed by atoms with van der Waals surface area (Å²) >= 11 is 0. The quantitative estimate of drug-likeness (QED) is 0.451. The van der Waals surface area contributed by atoms with Crippen LogP contribution >= 0.6 is 7.60 Å². The van der Waals surface area contributed by atoms with Gasteiger partial charge in [-0.05, 0) is 45.6 Å². The first-order valence-corrected chi connectivity index (χ1v) is 9.40. The molecule has 0 aliphatic carbocycles. The molecule has 0 fully saturated rings. The van der Waals surface area contributed by atoms with Gasteiger partial charge in [0.25, 0.3) is 0 Å². The van der Waals surface area contributed by atoms with Gasteiger partial charge in [0.1, 0.15) is 0 Å². The highest BCUT2D eigenvalue weighted by Gasteiger charge is 2.47. The Labute approximate surface area is 134 Å². The number of rotatable bonds is 10. The van der Waals surface area contributed by atoms with E-state index >= 15 is 0 Å². The van der Waals surface area contributed by atoms with E-state index in [9.17, 15) is 9.83 Å². The van der Waals surface area contributed by atoms with Gasteiger partial charge >= 0.3 is 7.60 Å². The van der Waals surface area contributed by atoms with Crippen LogP contribution < -0.4 is 0 Å². The Morgan fingerprint density at radius 1 is 1.14 bits per heavy atom. The standard InChI is InChI=1S/C17H26NO3P/c1-4-20-22(19,21-5-2)17(3,15-18)14-10-9-13-16-11-7-6-8-12-16/h6-8,11-12H,4-5,9-10,13-14H2,1-3H3/t17-/m0/s1. The van der Waals surface area contributed by atoms with Crippen LogP contribution in [-0.4, -0.2) is 18.4 Å². The predicted molar refractivity (Wildman–Crippen MR) is 88.9 cm³/mol. The number of nitrogens with zero attached hydrogens (tertiary/aromatic N) is 1. The van der Waals surface area contributed by atoms with Crippen LogP contribution in [-0.2, 0) is 20.0 Å². The molecule has 22 heavy (non-hydrogen) atoms. The molecule has 0 aliphatic rings. The van der Waals surface area contributed by atoms with Gasteiger partial charge in [0.2, 0.25) is 0 Å². The maximum atomic E-state index is 12.9. The fourth-order valence-electron chi connectivity index (χ4n) is 2.36. The molecule has 1 aromatic carbocycles. The minimum atomic E-state index is -3.41. The minimum absolute atomic E-state index is 0.276. The molecule has 4 nitrogen and oxygen atoms in total. The molecule has 0 aliphatic heterocycles. The molecular formula is C17H26NO3P. The van der Waals surface area contributed by atoms with E-state index in [0.29, 0.717) is 6.42 Å². The third-order valence-corrected chi connectivity index (χ3v) is 6.39. The number of hydrogen-bond acceptors (Lipinski definition) is 4. The highest BCUT2D eigenvalue weighted by Crippen LogP contribution is 2.61. The highest BCUT2D eigenvalue weighted by molar-refractivity contribution is 7.56. The zero-order chi connectivity index (χ0) is 16.5. The zero-order valence-electron chi connectivity index (χ0n) is 13.7. The van der Waals surface area contributed by atoms with Crippen LogP contribution in [0.15, 0.2) is 30.3 Å². The van der Waals surface area contributed by atoms with Crippen molar-refractivity contribution in [3.8, 4) is 6.07 Å². The van der Waals surface area contributed by atoms with E-state index in [1.54, 1.807) is 20.8 Å². The molecular weight excluding hydrogens is 297 g/mol. The minimum Gasteiger partial charge on any atom is -0.308 e. The summed E-state index contributed by atoms with van der Waals surface area (Å²) < 4.78 is 23.6. The molecule has 0 saturated carbocycles. The third-order valence-electron chi connectivity index (χ3n) is 3.67. The summed E-state index contributed by atoms with van der Waals surface area (Å²) in [4.78, 5) is 0. The van der Waals surface area contributed by atoms with E-state index in [1.807, 2.05) is 18.2 Å². The van der Waals surface area contributed by atoms with Crippen LogP contribution in [0.1, 0.15) is 45.6 Å². The average Bonchev–Trinajstić information content (AvgIpc) is 2.52. The number of hydrogen-bond donors (Lipinski definition) is 0. The van der Waals surface area contributed by atoms with Crippen LogP contribution in [0.5, 0.6) is 0 Å². The van der Waals surface area contributed by atoms with Gasteiger partial charge in [0.05, 0.1) is 19.3 Å². The lowest BCUT2D eigenvalue weighted by Gasteiger charge is -2.30. The lowest BCUT2D eigenvalue weighted by atomic mass is 10.0. The van der Waals surface area contributed by atoms with Gasteiger partial charge in [0, 0.05) is 0 Å². The van der Waals surface area contributed by atoms with Crippen molar-refractivity contribution in [1.82, 2.24) is 0 Å². The van der Waals surface area contributed by atoms with Crippen molar-refractivity contribution in [2.75, 3.05) is 13.2 Å². The summed E-state index contributed by atoms with van der Waals surface area (Å²) in [6.07, 6.45) is 3.21. The fourth-order valence-corrected chi connectivity index (χ4v) is 4.24. The average molecular weight is 323 g/mol. The molecule has 0 unspecified atom stereocenters. The SMILES string of the molecule is CCOP(=O)(OCC)[C@](C)(C#N)CCCCc1ccccc1. The van der Waals surface area contributed by atoms with Gasteiger partial charge in [-0.2, -0.15) is 5.26 Å². The summed E-state index contributed by atoms with van der Waals surface area (Å²) in [7, 11) is -3.41. The van der Waals surface area contributed by atoms with Gasteiger partial charge in [-0.1, -0.05) is 36.8 Å². The summed E-state index contributed by atoms with van der Waals surface area (Å²) in [5.74, 6) is 0. The number of nitriles is 1. The van der Waals surface area contributed by atoms with Gasteiger partial charge in [-0.25, -0.2) is 0 Å². The Balaban J connectivity index is 2.62. The molecule has 1 rings (SSSR count). The molecule has 0 aromatic heterocycles. The van der Waals surface area contributed by atoms with E-state index in [1.165, 1.54) is 5.56 Å². The second-order valence-electron chi connectivity index (χ2n) is 5.41. The van der Waals surface area contributed by atoms with Gasteiger partial charge in [0.15, 0.2) is 5.16 Å². The van der Waals surface area contributed by atoms with Gasteiger partial charge < -0.3 is 9.05 Å². The van der Waals surface area contributed by atoms with E-state index in [-0.39, 0.29) is 13.2 Å². The monoisotopic (exact) mass is 323 g/mol. The first-order valence-electron chi connectivity index (χ1n) is 7.85. The Morgan fingerprint density at radius 3 is 2.23 bits per heavy atom.